The van der Waals surface area contributed by atoms with Crippen LogP contribution >= 0.6 is 0 Å². The van der Waals surface area contributed by atoms with Crippen molar-refractivity contribution in [3.05, 3.63) is 191 Å². The number of hydrogen-bond acceptors (Lipinski definition) is 3. The zero-order valence-corrected chi connectivity index (χ0v) is 45.2. The van der Waals surface area contributed by atoms with Gasteiger partial charge < -0.3 is 15.1 Å². The van der Waals surface area contributed by atoms with E-state index < -0.39 is 0 Å². The smallest absolute Gasteiger partial charge is 0.0484 e. The van der Waals surface area contributed by atoms with Crippen molar-refractivity contribution in [3.63, 3.8) is 0 Å². The first-order valence-electron chi connectivity index (χ1n) is 26.0. The molecule has 0 atom stereocenters. The van der Waals surface area contributed by atoms with Gasteiger partial charge in [-0.2, -0.15) is 0 Å². The molecule has 0 radical (unpaired) electrons. The van der Waals surface area contributed by atoms with Crippen LogP contribution in [0.3, 0.4) is 0 Å². The second kappa shape index (κ2) is 17.7. The SMILES string of the molecule is Cc1cc(Nc2ccc(C(C)(C)C)cc2-c2ccccc2)cc(N(c2ccc(C(C)(C)C)cc2)c2cccc(N(c3ccc4c(c3)C(C)(C)CCC4(C)C)c3ccc4c(c3)C(C)(C)CCC4(C)C)c2)c1. The highest BCUT2D eigenvalue weighted by atomic mass is 15.2. The minimum atomic E-state index is 0.0204. The van der Waals surface area contributed by atoms with Crippen molar-refractivity contribution >= 4 is 45.5 Å². The number of hydrogen-bond donors (Lipinski definition) is 1. The number of fused-ring (bicyclic) bond motifs is 2. The number of nitrogens with zero attached hydrogens (tertiary/aromatic N) is 2. The Kier molecular flexibility index (Phi) is 12.3. The first-order valence-corrected chi connectivity index (χ1v) is 26.0. The van der Waals surface area contributed by atoms with Gasteiger partial charge in [0.2, 0.25) is 0 Å². The number of benzene rings is 7. The Morgan fingerprint density at radius 3 is 1.36 bits per heavy atom. The van der Waals surface area contributed by atoms with Gasteiger partial charge >= 0.3 is 0 Å². The van der Waals surface area contributed by atoms with Gasteiger partial charge in [-0.15, -0.1) is 0 Å². The van der Waals surface area contributed by atoms with E-state index in [9.17, 15) is 0 Å². The number of aryl methyl sites for hydroxylation is 1. The Hall–Kier alpha value is -6.06. The van der Waals surface area contributed by atoms with Crippen LogP contribution in [-0.2, 0) is 32.5 Å². The first kappa shape index (κ1) is 48.9. The first-order chi connectivity index (χ1) is 32.8. The summed E-state index contributed by atoms with van der Waals surface area (Å²) in [5.74, 6) is 0. The fourth-order valence-electron chi connectivity index (χ4n) is 11.3. The van der Waals surface area contributed by atoms with Crippen molar-refractivity contribution in [1.29, 1.82) is 0 Å². The fourth-order valence-corrected chi connectivity index (χ4v) is 11.3. The topological polar surface area (TPSA) is 18.5 Å². The van der Waals surface area contributed by atoms with Gasteiger partial charge in [-0.05, 0) is 195 Å². The van der Waals surface area contributed by atoms with E-state index in [2.05, 4.69) is 271 Å². The molecule has 3 heteroatoms. The Morgan fingerprint density at radius 2 is 0.843 bits per heavy atom. The van der Waals surface area contributed by atoms with Gasteiger partial charge in [0.25, 0.3) is 0 Å². The summed E-state index contributed by atoms with van der Waals surface area (Å²) >= 11 is 0. The molecule has 2 aliphatic carbocycles. The lowest BCUT2D eigenvalue weighted by Gasteiger charge is -2.43. The third-order valence-corrected chi connectivity index (χ3v) is 16.1. The maximum atomic E-state index is 3.93. The van der Waals surface area contributed by atoms with E-state index in [0.29, 0.717) is 0 Å². The van der Waals surface area contributed by atoms with Crippen LogP contribution < -0.4 is 15.1 Å². The second-order valence-electron chi connectivity index (χ2n) is 25.5. The van der Waals surface area contributed by atoms with Gasteiger partial charge in [-0.25, -0.2) is 0 Å². The molecule has 0 saturated heterocycles. The van der Waals surface area contributed by atoms with Gasteiger partial charge in [-0.1, -0.05) is 164 Å². The molecule has 0 amide bonds. The number of rotatable bonds is 9. The normalized spacial score (nSPS) is 16.7. The third kappa shape index (κ3) is 9.58. The summed E-state index contributed by atoms with van der Waals surface area (Å²) in [5, 5.41) is 3.93. The zero-order valence-electron chi connectivity index (χ0n) is 45.2. The highest BCUT2D eigenvalue weighted by molar-refractivity contribution is 5.87. The van der Waals surface area contributed by atoms with E-state index in [0.717, 1.165) is 34.1 Å². The molecule has 0 saturated carbocycles. The third-order valence-electron chi connectivity index (χ3n) is 16.1. The summed E-state index contributed by atoms with van der Waals surface area (Å²) in [7, 11) is 0. The number of anilines is 8. The molecule has 0 heterocycles. The van der Waals surface area contributed by atoms with Gasteiger partial charge in [0.1, 0.15) is 0 Å². The van der Waals surface area contributed by atoms with E-state index in [1.807, 2.05) is 0 Å². The average molecular weight is 926 g/mol. The number of nitrogens with one attached hydrogen (secondary N) is 1. The van der Waals surface area contributed by atoms with Gasteiger partial charge in [0.15, 0.2) is 0 Å². The van der Waals surface area contributed by atoms with Crippen LogP contribution in [0.4, 0.5) is 45.5 Å². The summed E-state index contributed by atoms with van der Waals surface area (Å²) in [6.45, 7) is 35.4. The predicted octanol–water partition coefficient (Wildman–Crippen LogP) is 19.6. The second-order valence-corrected chi connectivity index (χ2v) is 25.5. The highest BCUT2D eigenvalue weighted by Gasteiger charge is 2.39. The molecule has 1 N–H and O–H groups in total. The van der Waals surface area contributed by atoms with Crippen LogP contribution in [0.1, 0.15) is 162 Å². The molecule has 2 aliphatic rings. The molecule has 362 valence electrons. The quantitative estimate of drug-likeness (QED) is 0.156. The fraction of sp³-hybridized carbons (Fsp3) is 0.373. The van der Waals surface area contributed by atoms with Crippen LogP contribution in [0.5, 0.6) is 0 Å². The Labute approximate surface area is 422 Å². The summed E-state index contributed by atoms with van der Waals surface area (Å²) in [6.07, 6.45) is 4.71. The lowest BCUT2D eigenvalue weighted by atomic mass is 9.63. The molecule has 7 aromatic rings. The molecule has 70 heavy (non-hydrogen) atoms. The van der Waals surface area contributed by atoms with Crippen molar-refractivity contribution in [2.75, 3.05) is 15.1 Å². The van der Waals surface area contributed by atoms with Crippen molar-refractivity contribution in [1.82, 2.24) is 0 Å². The van der Waals surface area contributed by atoms with E-state index >= 15 is 0 Å². The Morgan fingerprint density at radius 1 is 0.386 bits per heavy atom. The zero-order chi connectivity index (χ0) is 50.2. The molecule has 0 bridgehead atoms. The monoisotopic (exact) mass is 926 g/mol. The summed E-state index contributed by atoms with van der Waals surface area (Å²) in [4.78, 5) is 4.99. The van der Waals surface area contributed by atoms with Crippen LogP contribution in [0.25, 0.3) is 11.1 Å². The minimum absolute atomic E-state index is 0.0204. The van der Waals surface area contributed by atoms with Gasteiger partial charge in [0.05, 0.1) is 0 Å². The molecular formula is C67H79N3. The molecule has 0 fully saturated rings. The molecule has 7 aromatic carbocycles. The molecule has 0 aliphatic heterocycles. The summed E-state index contributed by atoms with van der Waals surface area (Å²) in [5.41, 5.74) is 21.5. The molecule has 0 spiro atoms. The van der Waals surface area contributed by atoms with E-state index in [4.69, 9.17) is 0 Å². The van der Waals surface area contributed by atoms with Gasteiger partial charge in [-0.3, -0.25) is 0 Å². The summed E-state index contributed by atoms with van der Waals surface area (Å²) < 4.78 is 0. The van der Waals surface area contributed by atoms with Crippen LogP contribution in [0.2, 0.25) is 0 Å². The van der Waals surface area contributed by atoms with Crippen molar-refractivity contribution in [2.24, 2.45) is 0 Å². The van der Waals surface area contributed by atoms with Crippen molar-refractivity contribution in [3.8, 4) is 11.1 Å². The molecule has 9 rings (SSSR count). The van der Waals surface area contributed by atoms with E-state index in [-0.39, 0.29) is 32.5 Å². The van der Waals surface area contributed by atoms with Crippen molar-refractivity contribution in [2.45, 2.75) is 162 Å². The minimum Gasteiger partial charge on any atom is -0.355 e. The van der Waals surface area contributed by atoms with E-state index in [1.54, 1.807) is 0 Å². The standard InChI is InChI=1S/C67H79N3/c1-45-38-49(68-61-33-26-48(63(5,6)7)40-56(61)46-20-17-16-18-21-46)41-55(39-45)69(50-27-24-47(25-28-50)62(2,3)4)51-22-19-23-52(42-51)70(53-29-31-57-59(43-53)66(12,13)36-34-64(57,8)9)54-30-32-58-60(44-54)67(14,15)37-35-65(58,10)11/h16-33,38-44,68H,34-37H2,1-15H3. The Bertz CT molecular complexity index is 2960. The molecule has 0 unspecified atom stereocenters. The van der Waals surface area contributed by atoms with Crippen LogP contribution in [0, 0.1) is 6.92 Å². The maximum Gasteiger partial charge on any atom is 0.0484 e. The van der Waals surface area contributed by atoms with Gasteiger partial charge in [0, 0.05) is 51.1 Å². The molecule has 3 nitrogen and oxygen atoms in total. The van der Waals surface area contributed by atoms with Crippen LogP contribution in [-0.4, -0.2) is 0 Å². The summed E-state index contributed by atoms with van der Waals surface area (Å²) in [6, 6.07) is 57.8. The van der Waals surface area contributed by atoms with Crippen molar-refractivity contribution < 1.29 is 0 Å². The molecule has 0 aromatic heterocycles. The van der Waals surface area contributed by atoms with Crippen LogP contribution in [0.15, 0.2) is 152 Å². The molecular weight excluding hydrogens is 847 g/mol. The maximum absolute atomic E-state index is 3.93. The highest BCUT2D eigenvalue weighted by Crippen LogP contribution is 2.52. The average Bonchev–Trinajstić information content (AvgIpc) is 3.30. The largest absolute Gasteiger partial charge is 0.355 e. The Balaban J connectivity index is 1.22. The predicted molar refractivity (Wildman–Crippen MR) is 304 cm³/mol. The lowest BCUT2D eigenvalue weighted by Crippen LogP contribution is -2.34. The lowest BCUT2D eigenvalue weighted by molar-refractivity contribution is 0.332. The van der Waals surface area contributed by atoms with E-state index in [1.165, 1.54) is 87.1 Å².